The number of benzene rings is 1. The average Bonchev–Trinajstić information content (AvgIpc) is 3.10. The summed E-state index contributed by atoms with van der Waals surface area (Å²) >= 11 is 6.44. The summed E-state index contributed by atoms with van der Waals surface area (Å²) < 4.78 is 11.7. The monoisotopic (exact) mass is 401 g/mol. The van der Waals surface area contributed by atoms with Crippen LogP contribution in [0.2, 0.25) is 5.02 Å². The number of carbonyl (C=O) groups excluding carboxylic acids is 1. The minimum absolute atomic E-state index is 0.0131. The van der Waals surface area contributed by atoms with Gasteiger partial charge in [0.05, 0.1) is 17.2 Å². The maximum Gasteiger partial charge on any atom is 0.223 e. The van der Waals surface area contributed by atoms with E-state index in [1.807, 2.05) is 19.9 Å². The van der Waals surface area contributed by atoms with Gasteiger partial charge in [-0.25, -0.2) is 9.97 Å². The van der Waals surface area contributed by atoms with Crippen molar-refractivity contribution in [2.24, 2.45) is 5.92 Å². The molecule has 2 aliphatic heterocycles. The van der Waals surface area contributed by atoms with Crippen LogP contribution in [0.15, 0.2) is 30.9 Å². The Morgan fingerprint density at radius 3 is 2.82 bits per heavy atom. The summed E-state index contributed by atoms with van der Waals surface area (Å²) in [5, 5.41) is 3.62. The van der Waals surface area contributed by atoms with Gasteiger partial charge in [-0.05, 0) is 44.4 Å². The Balaban J connectivity index is 1.39. The lowest BCUT2D eigenvalue weighted by Crippen LogP contribution is -2.43. The molecule has 1 aromatic heterocycles. The van der Waals surface area contributed by atoms with Crippen molar-refractivity contribution in [3.05, 3.63) is 41.4 Å². The van der Waals surface area contributed by atoms with Crippen LogP contribution in [0.25, 0.3) is 11.1 Å². The number of hydrogen-bond donors (Lipinski definition) is 1. The van der Waals surface area contributed by atoms with E-state index in [0.29, 0.717) is 30.3 Å². The van der Waals surface area contributed by atoms with Gasteiger partial charge in [-0.3, -0.25) is 4.79 Å². The summed E-state index contributed by atoms with van der Waals surface area (Å²) in [6.45, 7) is 5.14. The van der Waals surface area contributed by atoms with E-state index in [1.54, 1.807) is 12.4 Å². The highest BCUT2D eigenvalue weighted by atomic mass is 35.5. The van der Waals surface area contributed by atoms with Crippen molar-refractivity contribution in [1.29, 1.82) is 0 Å². The summed E-state index contributed by atoms with van der Waals surface area (Å²) in [4.78, 5) is 20.7. The third-order valence-electron chi connectivity index (χ3n) is 5.32. The first-order chi connectivity index (χ1) is 13.4. The molecule has 2 aromatic rings. The van der Waals surface area contributed by atoms with E-state index < -0.39 is 0 Å². The molecule has 1 aromatic carbocycles. The molecule has 148 valence electrons. The minimum atomic E-state index is -0.245. The number of nitrogens with zero attached hydrogens (tertiary/aromatic N) is 2. The zero-order valence-electron chi connectivity index (χ0n) is 16.1. The molecule has 1 saturated heterocycles. The van der Waals surface area contributed by atoms with Crippen LogP contribution in [-0.2, 0) is 16.0 Å². The van der Waals surface area contributed by atoms with Gasteiger partial charge in [0.25, 0.3) is 0 Å². The first kappa shape index (κ1) is 19.2. The van der Waals surface area contributed by atoms with E-state index in [1.165, 1.54) is 6.33 Å². The molecule has 1 N–H and O–H groups in total. The summed E-state index contributed by atoms with van der Waals surface area (Å²) in [6.07, 6.45) is 7.10. The van der Waals surface area contributed by atoms with E-state index in [9.17, 15) is 4.79 Å². The SMILES string of the molecule is CC1(C)C[C@H](C(=O)NC[C@@H]2Cc3cc(-c4cncnc4)cc(Cl)c3O2)CCO1. The van der Waals surface area contributed by atoms with Gasteiger partial charge < -0.3 is 14.8 Å². The molecular weight excluding hydrogens is 378 g/mol. The number of aromatic nitrogens is 2. The molecular formula is C21H24ClN3O3. The summed E-state index contributed by atoms with van der Waals surface area (Å²) in [5.41, 5.74) is 2.66. The number of fused-ring (bicyclic) bond motifs is 1. The van der Waals surface area contributed by atoms with E-state index in [-0.39, 0.29) is 23.5 Å². The summed E-state index contributed by atoms with van der Waals surface area (Å²) in [6, 6.07) is 3.92. The molecule has 0 spiro atoms. The summed E-state index contributed by atoms with van der Waals surface area (Å²) in [5.74, 6) is 0.763. The van der Waals surface area contributed by atoms with Crippen LogP contribution in [0.4, 0.5) is 0 Å². The third-order valence-corrected chi connectivity index (χ3v) is 5.60. The fraction of sp³-hybridized carbons (Fsp3) is 0.476. The van der Waals surface area contributed by atoms with Crippen molar-refractivity contribution in [3.8, 4) is 16.9 Å². The second kappa shape index (κ2) is 7.68. The Morgan fingerprint density at radius 2 is 2.07 bits per heavy atom. The maximum absolute atomic E-state index is 12.6. The maximum atomic E-state index is 12.6. The molecule has 4 rings (SSSR count). The van der Waals surface area contributed by atoms with Crippen LogP contribution in [0, 0.1) is 5.92 Å². The van der Waals surface area contributed by atoms with Crippen LogP contribution >= 0.6 is 11.6 Å². The molecule has 2 atom stereocenters. The average molecular weight is 402 g/mol. The van der Waals surface area contributed by atoms with E-state index in [4.69, 9.17) is 21.1 Å². The van der Waals surface area contributed by atoms with E-state index >= 15 is 0 Å². The number of rotatable bonds is 4. The topological polar surface area (TPSA) is 73.3 Å². The van der Waals surface area contributed by atoms with Gasteiger partial charge in [-0.2, -0.15) is 0 Å². The molecule has 0 radical (unpaired) electrons. The Bertz CT molecular complexity index is 873. The van der Waals surface area contributed by atoms with Crippen molar-refractivity contribution >= 4 is 17.5 Å². The van der Waals surface area contributed by atoms with Gasteiger partial charge in [0.1, 0.15) is 18.2 Å². The van der Waals surface area contributed by atoms with Crippen LogP contribution in [0.1, 0.15) is 32.3 Å². The van der Waals surface area contributed by atoms with Gasteiger partial charge in [0.15, 0.2) is 0 Å². The van der Waals surface area contributed by atoms with Crippen molar-refractivity contribution in [2.45, 2.75) is 44.8 Å². The van der Waals surface area contributed by atoms with Gasteiger partial charge in [0, 0.05) is 42.5 Å². The Kier molecular flexibility index (Phi) is 5.25. The number of halogens is 1. The molecule has 0 bridgehead atoms. The van der Waals surface area contributed by atoms with Gasteiger partial charge in [0.2, 0.25) is 5.91 Å². The molecule has 1 fully saturated rings. The normalized spacial score (nSPS) is 23.0. The standard InChI is InChI=1S/C21H24ClN3O3/c1-21(2)8-13(3-4-27-21)20(26)25-11-17-6-15-5-14(7-18(22)19(15)28-17)16-9-23-12-24-10-16/h5,7,9-10,12-13,17H,3-4,6,8,11H2,1-2H3,(H,25,26)/t13-,17+/m1/s1. The third kappa shape index (κ3) is 4.13. The Labute approximate surface area is 169 Å². The number of ether oxygens (including phenoxy) is 2. The van der Waals surface area contributed by atoms with E-state index in [0.717, 1.165) is 29.5 Å². The number of amides is 1. The van der Waals surface area contributed by atoms with Crippen molar-refractivity contribution in [3.63, 3.8) is 0 Å². The largest absolute Gasteiger partial charge is 0.486 e. The van der Waals surface area contributed by atoms with Gasteiger partial charge >= 0.3 is 0 Å². The van der Waals surface area contributed by atoms with Crippen LogP contribution < -0.4 is 10.1 Å². The molecule has 2 aliphatic rings. The molecule has 3 heterocycles. The number of carbonyl (C=O) groups is 1. The zero-order chi connectivity index (χ0) is 19.7. The smallest absolute Gasteiger partial charge is 0.223 e. The predicted octanol–water partition coefficient (Wildman–Crippen LogP) is 3.42. The lowest BCUT2D eigenvalue weighted by molar-refractivity contribution is -0.135. The molecule has 0 saturated carbocycles. The second-order valence-electron chi connectivity index (χ2n) is 8.06. The molecule has 0 unspecified atom stereocenters. The lowest BCUT2D eigenvalue weighted by atomic mass is 9.88. The highest BCUT2D eigenvalue weighted by Gasteiger charge is 2.33. The minimum Gasteiger partial charge on any atom is -0.486 e. The molecule has 7 heteroatoms. The first-order valence-electron chi connectivity index (χ1n) is 9.57. The van der Waals surface area contributed by atoms with Crippen LogP contribution in [0.3, 0.4) is 0 Å². The Hall–Kier alpha value is -2.18. The van der Waals surface area contributed by atoms with E-state index in [2.05, 4.69) is 21.4 Å². The first-order valence-corrected chi connectivity index (χ1v) is 9.95. The lowest BCUT2D eigenvalue weighted by Gasteiger charge is -2.34. The van der Waals surface area contributed by atoms with Crippen molar-refractivity contribution in [1.82, 2.24) is 15.3 Å². The molecule has 1 amide bonds. The quantitative estimate of drug-likeness (QED) is 0.849. The predicted molar refractivity (Wildman–Crippen MR) is 106 cm³/mol. The van der Waals surface area contributed by atoms with Gasteiger partial charge in [-0.15, -0.1) is 0 Å². The van der Waals surface area contributed by atoms with Gasteiger partial charge in [-0.1, -0.05) is 11.6 Å². The highest BCUT2D eigenvalue weighted by molar-refractivity contribution is 6.32. The number of nitrogens with one attached hydrogen (secondary N) is 1. The Morgan fingerprint density at radius 1 is 1.29 bits per heavy atom. The highest BCUT2D eigenvalue weighted by Crippen LogP contribution is 2.39. The molecule has 28 heavy (non-hydrogen) atoms. The van der Waals surface area contributed by atoms with Crippen LogP contribution in [0.5, 0.6) is 5.75 Å². The second-order valence-corrected chi connectivity index (χ2v) is 8.47. The zero-order valence-corrected chi connectivity index (χ0v) is 16.8. The van der Waals surface area contributed by atoms with Crippen LogP contribution in [-0.4, -0.2) is 40.7 Å². The van der Waals surface area contributed by atoms with Crippen molar-refractivity contribution in [2.75, 3.05) is 13.2 Å². The molecule has 0 aliphatic carbocycles. The fourth-order valence-corrected chi connectivity index (χ4v) is 4.21. The van der Waals surface area contributed by atoms with Crippen molar-refractivity contribution < 1.29 is 14.3 Å². The molecule has 6 nitrogen and oxygen atoms in total. The number of hydrogen-bond acceptors (Lipinski definition) is 5. The summed E-state index contributed by atoms with van der Waals surface area (Å²) in [7, 11) is 0. The fourth-order valence-electron chi connectivity index (χ4n) is 3.93.